The molecule has 2 heterocycles. The van der Waals surface area contributed by atoms with Gasteiger partial charge in [-0.1, -0.05) is 157 Å². The molecule has 0 amide bonds. The molecule has 0 N–H and O–H groups in total. The second-order valence-corrected chi connectivity index (χ2v) is 15.6. The third kappa shape index (κ3) is 6.78. The van der Waals surface area contributed by atoms with E-state index in [1.807, 2.05) is 133 Å². The SMILES string of the molecule is O=C1C2=C(OC(=O)[C@@H](Cc3ccccc3)[C@H]2c2cccc(Cl)c2)c2ccccc21.O=C1C2=C(OC(=O)[C@@H](Cc3ccccc3)[C@H]2c2cccc(Cl)c2)c2ccccc21. The van der Waals surface area contributed by atoms with E-state index in [0.717, 1.165) is 22.3 Å². The minimum atomic E-state index is -0.507. The van der Waals surface area contributed by atoms with Gasteiger partial charge in [0.15, 0.2) is 11.6 Å². The summed E-state index contributed by atoms with van der Waals surface area (Å²) in [6, 6.07) is 49.0. The van der Waals surface area contributed by atoms with E-state index in [1.54, 1.807) is 24.3 Å². The van der Waals surface area contributed by atoms with Crippen LogP contribution in [0.5, 0.6) is 0 Å². The van der Waals surface area contributed by atoms with Gasteiger partial charge < -0.3 is 9.47 Å². The molecular weight excluding hydrogens is 767 g/mol. The van der Waals surface area contributed by atoms with Crippen molar-refractivity contribution in [3.63, 3.8) is 0 Å². The van der Waals surface area contributed by atoms with E-state index in [0.29, 0.717) is 67.8 Å². The number of benzene rings is 6. The molecule has 0 bridgehead atoms. The molecule has 6 aromatic rings. The molecule has 58 heavy (non-hydrogen) atoms. The van der Waals surface area contributed by atoms with Gasteiger partial charge in [-0.05, 0) is 59.4 Å². The van der Waals surface area contributed by atoms with E-state index < -0.39 is 23.7 Å². The Kier molecular flexibility index (Phi) is 9.98. The van der Waals surface area contributed by atoms with Gasteiger partial charge in [-0.2, -0.15) is 0 Å². The third-order valence-corrected chi connectivity index (χ3v) is 11.7. The molecule has 8 heteroatoms. The molecule has 0 saturated heterocycles. The highest BCUT2D eigenvalue weighted by Crippen LogP contribution is 2.51. The van der Waals surface area contributed by atoms with E-state index in [9.17, 15) is 19.2 Å². The smallest absolute Gasteiger partial charge is 0.315 e. The summed E-state index contributed by atoms with van der Waals surface area (Å²) in [6.07, 6.45) is 0.967. The van der Waals surface area contributed by atoms with Crippen molar-refractivity contribution >= 4 is 58.2 Å². The van der Waals surface area contributed by atoms with Crippen molar-refractivity contribution in [2.75, 3.05) is 0 Å². The molecule has 4 atom stereocenters. The summed E-state index contributed by atoms with van der Waals surface area (Å²) in [6.45, 7) is 0. The number of rotatable bonds is 6. The van der Waals surface area contributed by atoms with Crippen LogP contribution in [0.1, 0.15) is 65.9 Å². The largest absolute Gasteiger partial charge is 0.425 e. The molecule has 0 fully saturated rings. The molecule has 0 saturated carbocycles. The first-order chi connectivity index (χ1) is 28.3. The number of halogens is 2. The van der Waals surface area contributed by atoms with Crippen molar-refractivity contribution in [2.24, 2.45) is 11.8 Å². The Hall–Kier alpha value is -6.34. The van der Waals surface area contributed by atoms with Crippen LogP contribution in [0, 0.1) is 11.8 Å². The summed E-state index contributed by atoms with van der Waals surface area (Å²) in [5, 5.41) is 1.15. The van der Waals surface area contributed by atoms with Gasteiger partial charge in [-0.15, -0.1) is 0 Å². The van der Waals surface area contributed by atoms with E-state index in [4.69, 9.17) is 32.7 Å². The van der Waals surface area contributed by atoms with E-state index in [2.05, 4.69) is 0 Å². The summed E-state index contributed by atoms with van der Waals surface area (Å²) in [7, 11) is 0. The Morgan fingerprint density at radius 3 is 1.16 bits per heavy atom. The molecule has 0 spiro atoms. The van der Waals surface area contributed by atoms with Gasteiger partial charge in [0.2, 0.25) is 0 Å². The molecule has 0 radical (unpaired) electrons. The average Bonchev–Trinajstić information content (AvgIpc) is 3.68. The van der Waals surface area contributed by atoms with Crippen LogP contribution in [0.2, 0.25) is 10.0 Å². The lowest BCUT2D eigenvalue weighted by Gasteiger charge is -2.31. The molecular formula is C50H34Cl2O6. The molecule has 0 unspecified atom stereocenters. The van der Waals surface area contributed by atoms with Gasteiger partial charge in [0.25, 0.3) is 0 Å². The number of ketones is 2. The van der Waals surface area contributed by atoms with Gasteiger partial charge in [-0.3, -0.25) is 19.2 Å². The van der Waals surface area contributed by atoms with Gasteiger partial charge in [0, 0.05) is 44.1 Å². The zero-order valence-electron chi connectivity index (χ0n) is 30.9. The zero-order valence-corrected chi connectivity index (χ0v) is 32.5. The average molecular weight is 802 g/mol. The summed E-state index contributed by atoms with van der Waals surface area (Å²) in [4.78, 5) is 52.9. The fraction of sp³-hybridized carbons (Fsp3) is 0.120. The molecule has 6 aromatic carbocycles. The van der Waals surface area contributed by atoms with Crippen LogP contribution in [0.4, 0.5) is 0 Å². The maximum Gasteiger partial charge on any atom is 0.315 e. The molecule has 4 aliphatic rings. The lowest BCUT2D eigenvalue weighted by Crippen LogP contribution is -2.33. The number of fused-ring (bicyclic) bond motifs is 4. The Labute approximate surface area is 345 Å². The predicted octanol–water partition coefficient (Wildman–Crippen LogP) is 10.9. The Morgan fingerprint density at radius 2 is 0.776 bits per heavy atom. The first kappa shape index (κ1) is 37.2. The first-order valence-electron chi connectivity index (χ1n) is 19.1. The highest BCUT2D eigenvalue weighted by Gasteiger charge is 2.49. The maximum absolute atomic E-state index is 13.3. The minimum Gasteiger partial charge on any atom is -0.425 e. The normalized spacial score (nSPS) is 20.3. The number of ether oxygens (including phenoxy) is 2. The third-order valence-electron chi connectivity index (χ3n) is 11.3. The fourth-order valence-corrected chi connectivity index (χ4v) is 9.09. The quantitative estimate of drug-likeness (QED) is 0.156. The number of carbonyl (C=O) groups is 4. The molecule has 6 nitrogen and oxygen atoms in total. The zero-order chi connectivity index (χ0) is 39.9. The fourth-order valence-electron chi connectivity index (χ4n) is 8.69. The standard InChI is InChI=1S/2C25H17ClO3/c2*26-17-10-6-9-16(14-17)21-20(13-15-7-2-1-3-8-15)25(28)29-24-19-12-5-4-11-18(19)23(27)22(21)24/h2*1-12,14,20-21H,13H2/t2*20-,21+/m00/s1. The lowest BCUT2D eigenvalue weighted by molar-refractivity contribution is -0.143. The van der Waals surface area contributed by atoms with Crippen LogP contribution >= 0.6 is 23.2 Å². The molecule has 0 aromatic heterocycles. The van der Waals surface area contributed by atoms with E-state index >= 15 is 0 Å². The van der Waals surface area contributed by atoms with E-state index in [1.165, 1.54) is 0 Å². The Morgan fingerprint density at radius 1 is 0.414 bits per heavy atom. The number of hydrogen-bond acceptors (Lipinski definition) is 6. The monoisotopic (exact) mass is 800 g/mol. The van der Waals surface area contributed by atoms with Crippen molar-refractivity contribution in [1.82, 2.24) is 0 Å². The molecule has 2 aliphatic carbocycles. The summed E-state index contributed by atoms with van der Waals surface area (Å²) < 4.78 is 11.5. The summed E-state index contributed by atoms with van der Waals surface area (Å²) >= 11 is 12.5. The highest BCUT2D eigenvalue weighted by atomic mass is 35.5. The van der Waals surface area contributed by atoms with Crippen LogP contribution < -0.4 is 0 Å². The Bertz CT molecular complexity index is 2510. The summed E-state index contributed by atoms with van der Waals surface area (Å²) in [5.41, 5.74) is 7.38. The van der Waals surface area contributed by atoms with Gasteiger partial charge in [0.1, 0.15) is 11.5 Å². The lowest BCUT2D eigenvalue weighted by atomic mass is 9.75. The van der Waals surface area contributed by atoms with Crippen molar-refractivity contribution < 1.29 is 28.7 Å². The van der Waals surface area contributed by atoms with Crippen molar-refractivity contribution in [3.05, 3.63) is 223 Å². The van der Waals surface area contributed by atoms with Gasteiger partial charge in [-0.25, -0.2) is 0 Å². The van der Waals surface area contributed by atoms with Gasteiger partial charge in [0.05, 0.1) is 23.0 Å². The molecule has 284 valence electrons. The number of esters is 2. The second kappa shape index (κ2) is 15.5. The van der Waals surface area contributed by atoms with Crippen LogP contribution in [0.3, 0.4) is 0 Å². The van der Waals surface area contributed by atoms with Crippen molar-refractivity contribution in [2.45, 2.75) is 24.7 Å². The summed E-state index contributed by atoms with van der Waals surface area (Å²) in [5.74, 6) is -1.84. The van der Waals surface area contributed by atoms with Gasteiger partial charge >= 0.3 is 11.9 Å². The predicted molar refractivity (Wildman–Crippen MR) is 223 cm³/mol. The maximum atomic E-state index is 13.3. The Balaban J connectivity index is 0.000000150. The van der Waals surface area contributed by atoms with E-state index in [-0.39, 0.29) is 23.5 Å². The van der Waals surface area contributed by atoms with Crippen LogP contribution in [0.25, 0.3) is 11.5 Å². The number of hydrogen-bond donors (Lipinski definition) is 0. The van der Waals surface area contributed by atoms with Crippen LogP contribution in [-0.2, 0) is 31.9 Å². The molecule has 10 rings (SSSR count). The molecule has 2 aliphatic heterocycles. The number of carbonyl (C=O) groups excluding carboxylic acids is 4. The topological polar surface area (TPSA) is 86.7 Å². The second-order valence-electron chi connectivity index (χ2n) is 14.7. The van der Waals surface area contributed by atoms with Crippen LogP contribution in [0.15, 0.2) is 169 Å². The van der Waals surface area contributed by atoms with Crippen molar-refractivity contribution in [1.29, 1.82) is 0 Å². The number of allylic oxidation sites excluding steroid dienone is 2. The first-order valence-corrected chi connectivity index (χ1v) is 19.8. The van der Waals surface area contributed by atoms with Crippen LogP contribution in [-0.4, -0.2) is 23.5 Å². The highest BCUT2D eigenvalue weighted by molar-refractivity contribution is 6.31. The minimum absolute atomic E-state index is 0.0777. The van der Waals surface area contributed by atoms with Crippen molar-refractivity contribution in [3.8, 4) is 0 Å². The number of Topliss-reactive ketones (excluding diaryl/α,β-unsaturated/α-hetero) is 2.